The van der Waals surface area contributed by atoms with Crippen molar-refractivity contribution in [2.45, 2.75) is 57.8 Å². The molecule has 7 N–H and O–H groups in total. The van der Waals surface area contributed by atoms with E-state index in [-0.39, 0.29) is 18.1 Å². The van der Waals surface area contributed by atoms with Gasteiger partial charge in [0.2, 0.25) is 17.7 Å². The Morgan fingerprint density at radius 3 is 1.86 bits per heavy atom. The Morgan fingerprint density at radius 1 is 0.893 bits per heavy atom. The smallest absolute Gasteiger partial charge is 0.327 e. The third kappa shape index (κ3) is 9.55. The zero-order valence-electron chi connectivity index (χ0n) is 16.0. The van der Waals surface area contributed by atoms with E-state index in [0.29, 0.717) is 0 Å². The molecule has 0 aromatic rings. The molecule has 11 nitrogen and oxygen atoms in total. The summed E-state index contributed by atoms with van der Waals surface area (Å²) in [6, 6.07) is -4.65. The van der Waals surface area contributed by atoms with Crippen molar-refractivity contribution in [3.63, 3.8) is 0 Å². The molecule has 160 valence electrons. The third-order valence-electron chi connectivity index (χ3n) is 3.62. The fourth-order valence-corrected chi connectivity index (χ4v) is 2.37. The first kappa shape index (κ1) is 25.7. The van der Waals surface area contributed by atoms with Gasteiger partial charge < -0.3 is 31.9 Å². The van der Waals surface area contributed by atoms with Gasteiger partial charge in [-0.1, -0.05) is 13.8 Å². The number of aliphatic carboxylic acids is 2. The van der Waals surface area contributed by atoms with E-state index in [4.69, 9.17) is 15.9 Å². The predicted octanol–water partition coefficient (Wildman–Crippen LogP) is -1.68. The highest BCUT2D eigenvalue weighted by molar-refractivity contribution is 7.80. The van der Waals surface area contributed by atoms with Crippen LogP contribution in [0.3, 0.4) is 0 Å². The average molecular weight is 420 g/mol. The SMILES string of the molecule is CC(C)CC(NC(=O)C(C)NC(=O)C(N)CC(=O)O)C(=O)NC(CS)C(=O)O. The van der Waals surface area contributed by atoms with E-state index in [1.54, 1.807) is 0 Å². The predicted molar refractivity (Wildman–Crippen MR) is 103 cm³/mol. The van der Waals surface area contributed by atoms with E-state index < -0.39 is 60.2 Å². The molecule has 0 rings (SSSR count). The number of rotatable bonds is 12. The highest BCUT2D eigenvalue weighted by Gasteiger charge is 2.29. The van der Waals surface area contributed by atoms with E-state index in [0.717, 1.165) is 0 Å². The molecule has 0 saturated heterocycles. The molecule has 0 heterocycles. The molecule has 0 aliphatic carbocycles. The van der Waals surface area contributed by atoms with Crippen molar-refractivity contribution in [3.05, 3.63) is 0 Å². The molecule has 0 aromatic carbocycles. The Kier molecular flexibility index (Phi) is 11.2. The summed E-state index contributed by atoms with van der Waals surface area (Å²) >= 11 is 3.87. The molecule has 0 radical (unpaired) electrons. The highest BCUT2D eigenvalue weighted by atomic mass is 32.1. The van der Waals surface area contributed by atoms with Gasteiger partial charge in [0.05, 0.1) is 12.5 Å². The quantitative estimate of drug-likeness (QED) is 0.182. The second kappa shape index (κ2) is 12.2. The van der Waals surface area contributed by atoms with Gasteiger partial charge in [-0.25, -0.2) is 4.79 Å². The van der Waals surface area contributed by atoms with E-state index in [2.05, 4.69) is 28.6 Å². The second-order valence-corrected chi connectivity index (χ2v) is 7.07. The maximum Gasteiger partial charge on any atom is 0.327 e. The second-order valence-electron chi connectivity index (χ2n) is 6.71. The van der Waals surface area contributed by atoms with Crippen LogP contribution in [0.2, 0.25) is 0 Å². The summed E-state index contributed by atoms with van der Waals surface area (Å²) < 4.78 is 0. The molecule has 0 spiro atoms. The number of carboxylic acid groups (broad SMARTS) is 2. The molecule has 0 aliphatic rings. The van der Waals surface area contributed by atoms with Crippen LogP contribution in [0, 0.1) is 5.92 Å². The number of hydrogen-bond acceptors (Lipinski definition) is 7. The summed E-state index contributed by atoms with van der Waals surface area (Å²) in [5.41, 5.74) is 5.43. The first-order valence-electron chi connectivity index (χ1n) is 8.61. The van der Waals surface area contributed by atoms with Gasteiger partial charge in [-0.2, -0.15) is 12.6 Å². The number of carbonyl (C=O) groups is 5. The molecular formula is C16H28N4O7S. The van der Waals surface area contributed by atoms with Crippen LogP contribution >= 0.6 is 12.6 Å². The molecule has 28 heavy (non-hydrogen) atoms. The van der Waals surface area contributed by atoms with Crippen molar-refractivity contribution < 1.29 is 34.2 Å². The number of thiol groups is 1. The van der Waals surface area contributed by atoms with Gasteiger partial charge in [-0.05, 0) is 19.3 Å². The molecule has 0 saturated carbocycles. The minimum Gasteiger partial charge on any atom is -0.481 e. The molecule has 0 aliphatic heterocycles. The Bertz CT molecular complexity index is 600. The Morgan fingerprint density at radius 2 is 1.43 bits per heavy atom. The Hall–Kier alpha value is -2.34. The molecule has 0 fully saturated rings. The molecule has 3 amide bonds. The zero-order valence-corrected chi connectivity index (χ0v) is 16.9. The summed E-state index contributed by atoms with van der Waals surface area (Å²) in [6.45, 7) is 4.98. The number of amides is 3. The lowest BCUT2D eigenvalue weighted by atomic mass is 10.0. The average Bonchev–Trinajstić information content (AvgIpc) is 2.57. The fourth-order valence-electron chi connectivity index (χ4n) is 2.12. The van der Waals surface area contributed by atoms with Crippen molar-refractivity contribution in [2.75, 3.05) is 5.75 Å². The summed E-state index contributed by atoms with van der Waals surface area (Å²) in [7, 11) is 0. The van der Waals surface area contributed by atoms with Gasteiger partial charge in [0, 0.05) is 5.75 Å². The minimum atomic E-state index is -1.32. The monoisotopic (exact) mass is 420 g/mol. The minimum absolute atomic E-state index is 0.00390. The van der Waals surface area contributed by atoms with Crippen molar-refractivity contribution in [1.29, 1.82) is 0 Å². The number of nitrogens with one attached hydrogen (secondary N) is 3. The van der Waals surface area contributed by atoms with Gasteiger partial charge in [0.25, 0.3) is 0 Å². The summed E-state index contributed by atoms with van der Waals surface area (Å²) in [5.74, 6) is -4.85. The Labute approximate surface area is 168 Å². The van der Waals surface area contributed by atoms with E-state index in [1.165, 1.54) is 6.92 Å². The summed E-state index contributed by atoms with van der Waals surface area (Å²) in [4.78, 5) is 58.1. The lowest BCUT2D eigenvalue weighted by molar-refractivity contribution is -0.141. The zero-order chi connectivity index (χ0) is 22.0. The fraction of sp³-hybridized carbons (Fsp3) is 0.688. The summed E-state index contributed by atoms with van der Waals surface area (Å²) in [6.07, 6.45) is -0.367. The van der Waals surface area contributed by atoms with Crippen molar-refractivity contribution >= 4 is 42.3 Å². The maximum absolute atomic E-state index is 12.4. The van der Waals surface area contributed by atoms with Crippen LogP contribution in [0.5, 0.6) is 0 Å². The van der Waals surface area contributed by atoms with Crippen LogP contribution in [-0.4, -0.2) is 69.8 Å². The molecule has 0 bridgehead atoms. The van der Waals surface area contributed by atoms with Crippen LogP contribution in [-0.2, 0) is 24.0 Å². The summed E-state index contributed by atoms with van der Waals surface area (Å²) in [5, 5.41) is 24.7. The van der Waals surface area contributed by atoms with Crippen molar-refractivity contribution in [3.8, 4) is 0 Å². The van der Waals surface area contributed by atoms with E-state index >= 15 is 0 Å². The van der Waals surface area contributed by atoms with Crippen molar-refractivity contribution in [2.24, 2.45) is 11.7 Å². The third-order valence-corrected chi connectivity index (χ3v) is 3.99. The van der Waals surface area contributed by atoms with Crippen LogP contribution in [0.15, 0.2) is 0 Å². The van der Waals surface area contributed by atoms with Crippen LogP contribution in [0.4, 0.5) is 0 Å². The van der Waals surface area contributed by atoms with Gasteiger partial charge in [-0.15, -0.1) is 0 Å². The number of carboxylic acids is 2. The van der Waals surface area contributed by atoms with Crippen LogP contribution in [0.1, 0.15) is 33.6 Å². The largest absolute Gasteiger partial charge is 0.481 e. The van der Waals surface area contributed by atoms with Gasteiger partial charge in [0.15, 0.2) is 0 Å². The lowest BCUT2D eigenvalue weighted by Gasteiger charge is -2.24. The number of hydrogen-bond donors (Lipinski definition) is 7. The van der Waals surface area contributed by atoms with E-state index in [1.807, 2.05) is 13.8 Å². The standard InChI is InChI=1S/C16H28N4O7S/c1-7(2)4-10(15(25)20-11(6-28)16(26)27)19-13(23)8(3)18-14(24)9(17)5-12(21)22/h7-11,28H,4-6,17H2,1-3H3,(H,18,24)(H,19,23)(H,20,25)(H,21,22)(H,26,27). The van der Waals surface area contributed by atoms with Crippen molar-refractivity contribution in [1.82, 2.24) is 16.0 Å². The molecule has 12 heteroatoms. The first-order valence-corrected chi connectivity index (χ1v) is 9.24. The van der Waals surface area contributed by atoms with E-state index in [9.17, 15) is 24.0 Å². The van der Waals surface area contributed by atoms with Gasteiger partial charge >= 0.3 is 11.9 Å². The number of nitrogens with two attached hydrogens (primary N) is 1. The molecular weight excluding hydrogens is 392 g/mol. The van der Waals surface area contributed by atoms with Crippen LogP contribution < -0.4 is 21.7 Å². The number of carbonyl (C=O) groups excluding carboxylic acids is 3. The molecule has 4 unspecified atom stereocenters. The Balaban J connectivity index is 5.00. The lowest BCUT2D eigenvalue weighted by Crippen LogP contribution is -2.57. The topological polar surface area (TPSA) is 188 Å². The van der Waals surface area contributed by atoms with Gasteiger partial charge in [0.1, 0.15) is 18.1 Å². The normalized spacial score (nSPS) is 15.1. The van der Waals surface area contributed by atoms with Crippen LogP contribution in [0.25, 0.3) is 0 Å². The highest BCUT2D eigenvalue weighted by Crippen LogP contribution is 2.06. The van der Waals surface area contributed by atoms with Gasteiger partial charge in [-0.3, -0.25) is 19.2 Å². The molecule has 4 atom stereocenters. The first-order chi connectivity index (χ1) is 12.9. The molecule has 0 aromatic heterocycles. The maximum atomic E-state index is 12.4.